The molecule has 0 unspecified atom stereocenters. The van der Waals surface area contributed by atoms with Crippen molar-refractivity contribution in [2.75, 3.05) is 6.54 Å². The number of phenols is 1. The van der Waals surface area contributed by atoms with Gasteiger partial charge in [0.1, 0.15) is 11.4 Å². The number of hydrogen-bond acceptors (Lipinski definition) is 3. The Hall–Kier alpha value is -2.18. The second kappa shape index (κ2) is 6.72. The summed E-state index contributed by atoms with van der Waals surface area (Å²) in [5, 5.41) is 11.7. The van der Waals surface area contributed by atoms with Crippen LogP contribution in [0.1, 0.15) is 31.9 Å². The van der Waals surface area contributed by atoms with E-state index in [1.54, 1.807) is 20.8 Å². The summed E-state index contributed by atoms with van der Waals surface area (Å²) in [7, 11) is 0. The molecule has 0 atom stereocenters. The van der Waals surface area contributed by atoms with Crippen LogP contribution >= 0.6 is 0 Å². The molecule has 0 aliphatic rings. The lowest BCUT2D eigenvalue weighted by atomic mass is 10.1. The van der Waals surface area contributed by atoms with Crippen molar-refractivity contribution in [2.45, 2.75) is 32.5 Å². The maximum absolute atomic E-state index is 12.6. The smallest absolute Gasteiger partial charge is 0.416 e. The second-order valence-corrected chi connectivity index (χ2v) is 5.60. The first kappa shape index (κ1) is 17.9. The standard InChI is InChI=1S/C15H18F3NO3/c1-14(2,3)22-13(21)19-6-4-5-10-7-11(15(16,17)18)9-12(20)8-10/h4-5,7-9,20H,6H2,1-3H3,(H,19,21). The molecule has 22 heavy (non-hydrogen) atoms. The first-order chi connectivity index (χ1) is 9.97. The third kappa shape index (κ3) is 6.51. The molecule has 7 heteroatoms. The van der Waals surface area contributed by atoms with E-state index >= 15 is 0 Å². The number of nitrogens with one attached hydrogen (secondary N) is 1. The SMILES string of the molecule is CC(C)(C)OC(=O)NCC=Cc1cc(O)cc(C(F)(F)F)c1. The fourth-order valence-electron chi connectivity index (χ4n) is 1.55. The maximum Gasteiger partial charge on any atom is 0.416 e. The highest BCUT2D eigenvalue weighted by Gasteiger charge is 2.31. The Kier molecular flexibility index (Phi) is 5.46. The van der Waals surface area contributed by atoms with Gasteiger partial charge in [0.05, 0.1) is 5.56 Å². The Bertz CT molecular complexity index is 560. The minimum absolute atomic E-state index is 0.0892. The largest absolute Gasteiger partial charge is 0.508 e. The Morgan fingerprint density at radius 1 is 1.27 bits per heavy atom. The number of aromatic hydroxyl groups is 1. The predicted molar refractivity (Wildman–Crippen MR) is 76.4 cm³/mol. The summed E-state index contributed by atoms with van der Waals surface area (Å²) >= 11 is 0. The number of amides is 1. The lowest BCUT2D eigenvalue weighted by Crippen LogP contribution is -2.32. The highest BCUT2D eigenvalue weighted by molar-refractivity contribution is 5.68. The van der Waals surface area contributed by atoms with Gasteiger partial charge in [0, 0.05) is 6.54 Å². The first-order valence-corrected chi connectivity index (χ1v) is 6.52. The number of rotatable bonds is 3. The van der Waals surface area contributed by atoms with Crippen molar-refractivity contribution in [1.82, 2.24) is 5.32 Å². The first-order valence-electron chi connectivity index (χ1n) is 6.52. The molecule has 4 nitrogen and oxygen atoms in total. The van der Waals surface area contributed by atoms with Crippen LogP contribution in [0.2, 0.25) is 0 Å². The number of hydrogen-bond donors (Lipinski definition) is 2. The van der Waals surface area contributed by atoms with E-state index < -0.39 is 29.2 Å². The van der Waals surface area contributed by atoms with Gasteiger partial charge in [0.25, 0.3) is 0 Å². The number of carbonyl (C=O) groups is 1. The van der Waals surface area contributed by atoms with Gasteiger partial charge in [-0.2, -0.15) is 13.2 Å². The van der Waals surface area contributed by atoms with Gasteiger partial charge in [-0.25, -0.2) is 4.79 Å². The van der Waals surface area contributed by atoms with Gasteiger partial charge >= 0.3 is 12.3 Å². The van der Waals surface area contributed by atoms with Gasteiger partial charge in [-0.3, -0.25) is 0 Å². The monoisotopic (exact) mass is 317 g/mol. The third-order valence-corrected chi connectivity index (χ3v) is 2.34. The molecule has 0 aromatic heterocycles. The van der Waals surface area contributed by atoms with Crippen LogP contribution in [-0.2, 0) is 10.9 Å². The van der Waals surface area contributed by atoms with E-state index in [-0.39, 0.29) is 12.1 Å². The average molecular weight is 317 g/mol. The van der Waals surface area contributed by atoms with Crippen LogP contribution in [0.25, 0.3) is 6.08 Å². The van der Waals surface area contributed by atoms with Crippen molar-refractivity contribution in [3.63, 3.8) is 0 Å². The van der Waals surface area contributed by atoms with Crippen LogP contribution in [0.4, 0.5) is 18.0 Å². The van der Waals surface area contributed by atoms with Crippen molar-refractivity contribution in [1.29, 1.82) is 0 Å². The lowest BCUT2D eigenvalue weighted by Gasteiger charge is -2.19. The van der Waals surface area contributed by atoms with Gasteiger partial charge in [-0.1, -0.05) is 12.2 Å². The van der Waals surface area contributed by atoms with Crippen LogP contribution in [-0.4, -0.2) is 23.3 Å². The average Bonchev–Trinajstić information content (AvgIpc) is 2.30. The summed E-state index contributed by atoms with van der Waals surface area (Å²) < 4.78 is 42.8. The summed E-state index contributed by atoms with van der Waals surface area (Å²) in [6, 6.07) is 2.75. The molecule has 1 amide bonds. The van der Waals surface area contributed by atoms with Gasteiger partial charge in [-0.05, 0) is 44.5 Å². The highest BCUT2D eigenvalue weighted by Crippen LogP contribution is 2.32. The molecule has 122 valence electrons. The lowest BCUT2D eigenvalue weighted by molar-refractivity contribution is -0.137. The van der Waals surface area contributed by atoms with Crippen LogP contribution in [0.3, 0.4) is 0 Å². The number of alkyl halides is 3. The number of phenolic OH excluding ortho intramolecular Hbond substituents is 1. The normalized spacial score (nSPS) is 12.5. The Labute approximate surface area is 126 Å². The predicted octanol–water partition coefficient (Wildman–Crippen LogP) is 3.95. The molecule has 0 aliphatic carbocycles. The van der Waals surface area contributed by atoms with Crippen molar-refractivity contribution in [2.24, 2.45) is 0 Å². The molecule has 1 aromatic carbocycles. The molecule has 0 heterocycles. The van der Waals surface area contributed by atoms with E-state index in [4.69, 9.17) is 4.74 Å². The van der Waals surface area contributed by atoms with Gasteiger partial charge in [-0.15, -0.1) is 0 Å². The fourth-order valence-corrected chi connectivity index (χ4v) is 1.55. The van der Waals surface area contributed by atoms with E-state index in [0.717, 1.165) is 6.07 Å². The Morgan fingerprint density at radius 2 is 1.91 bits per heavy atom. The number of benzene rings is 1. The molecule has 2 N–H and O–H groups in total. The summed E-state index contributed by atoms with van der Waals surface area (Å²) in [6.45, 7) is 5.24. The van der Waals surface area contributed by atoms with E-state index in [0.29, 0.717) is 6.07 Å². The van der Waals surface area contributed by atoms with Gasteiger partial charge < -0.3 is 15.2 Å². The molecular formula is C15H18F3NO3. The maximum atomic E-state index is 12.6. The molecule has 0 radical (unpaired) electrons. The molecule has 0 saturated heterocycles. The molecular weight excluding hydrogens is 299 g/mol. The van der Waals surface area contributed by atoms with Gasteiger partial charge in [0.15, 0.2) is 0 Å². The zero-order chi connectivity index (χ0) is 17.0. The molecule has 0 bridgehead atoms. The Balaban J connectivity index is 2.64. The summed E-state index contributed by atoms with van der Waals surface area (Å²) in [6.07, 6.45) is -2.33. The van der Waals surface area contributed by atoms with E-state index in [2.05, 4.69) is 5.32 Å². The number of alkyl carbamates (subject to hydrolysis) is 1. The summed E-state index contributed by atoms with van der Waals surface area (Å²) in [5.41, 5.74) is -1.38. The Morgan fingerprint density at radius 3 is 2.45 bits per heavy atom. The topological polar surface area (TPSA) is 58.6 Å². The van der Waals surface area contributed by atoms with E-state index in [1.807, 2.05) is 0 Å². The van der Waals surface area contributed by atoms with Crippen LogP contribution < -0.4 is 5.32 Å². The van der Waals surface area contributed by atoms with Crippen molar-refractivity contribution in [3.8, 4) is 5.75 Å². The number of halogens is 3. The van der Waals surface area contributed by atoms with E-state index in [1.165, 1.54) is 18.2 Å². The minimum atomic E-state index is -4.53. The molecule has 0 aliphatic heterocycles. The minimum Gasteiger partial charge on any atom is -0.508 e. The molecule has 0 spiro atoms. The van der Waals surface area contributed by atoms with E-state index in [9.17, 15) is 23.1 Å². The highest BCUT2D eigenvalue weighted by atomic mass is 19.4. The van der Waals surface area contributed by atoms with Crippen molar-refractivity contribution >= 4 is 12.2 Å². The second-order valence-electron chi connectivity index (χ2n) is 5.60. The van der Waals surface area contributed by atoms with Crippen LogP contribution in [0, 0.1) is 0 Å². The van der Waals surface area contributed by atoms with Crippen LogP contribution in [0.5, 0.6) is 5.75 Å². The molecule has 0 fully saturated rings. The number of carbonyl (C=O) groups excluding carboxylic acids is 1. The molecule has 0 saturated carbocycles. The summed E-state index contributed by atoms with van der Waals surface area (Å²) in [4.78, 5) is 11.4. The number of ether oxygens (including phenoxy) is 1. The fraction of sp³-hybridized carbons (Fsp3) is 0.400. The quantitative estimate of drug-likeness (QED) is 0.887. The summed E-state index contributed by atoms with van der Waals surface area (Å²) in [5.74, 6) is -0.477. The van der Waals surface area contributed by atoms with Crippen molar-refractivity contribution in [3.05, 3.63) is 35.4 Å². The third-order valence-electron chi connectivity index (χ3n) is 2.34. The van der Waals surface area contributed by atoms with Gasteiger partial charge in [0.2, 0.25) is 0 Å². The zero-order valence-corrected chi connectivity index (χ0v) is 12.5. The molecule has 1 rings (SSSR count). The zero-order valence-electron chi connectivity index (χ0n) is 12.5. The van der Waals surface area contributed by atoms with Crippen LogP contribution in [0.15, 0.2) is 24.3 Å². The molecule has 1 aromatic rings. The van der Waals surface area contributed by atoms with Crippen molar-refractivity contribution < 1.29 is 27.8 Å².